The summed E-state index contributed by atoms with van der Waals surface area (Å²) in [5, 5.41) is 19.0. The lowest BCUT2D eigenvalue weighted by Gasteiger charge is -2.23. The Morgan fingerprint density at radius 3 is 2.70 bits per heavy atom. The van der Waals surface area contributed by atoms with Crippen molar-refractivity contribution in [2.45, 2.75) is 19.8 Å². The van der Waals surface area contributed by atoms with E-state index in [1.165, 1.54) is 23.1 Å². The molecule has 1 heterocycles. The maximum absolute atomic E-state index is 12.4. The smallest absolute Gasteiger partial charge is 0.311 e. The summed E-state index contributed by atoms with van der Waals surface area (Å²) in [6.07, 6.45) is 0.904. The Morgan fingerprint density at radius 2 is 2.15 bits per heavy atom. The number of hydrogen-bond donors (Lipinski definition) is 2. The van der Waals surface area contributed by atoms with Crippen LogP contribution in [0.1, 0.15) is 30.1 Å². The van der Waals surface area contributed by atoms with Crippen molar-refractivity contribution in [2.24, 2.45) is 5.41 Å². The van der Waals surface area contributed by atoms with E-state index in [0.29, 0.717) is 19.4 Å². The number of carbonyl (C=O) groups is 2. The van der Waals surface area contributed by atoms with Crippen molar-refractivity contribution in [3.05, 3.63) is 28.8 Å². The van der Waals surface area contributed by atoms with Crippen LogP contribution < -0.4 is 0 Å². The van der Waals surface area contributed by atoms with Gasteiger partial charge in [0.15, 0.2) is 0 Å². The number of aromatic hydroxyl groups is 1. The van der Waals surface area contributed by atoms with E-state index in [1.54, 1.807) is 0 Å². The fourth-order valence-electron chi connectivity index (χ4n) is 2.51. The van der Waals surface area contributed by atoms with Crippen molar-refractivity contribution in [3.63, 3.8) is 0 Å². The lowest BCUT2D eigenvalue weighted by atomic mass is 9.84. The van der Waals surface area contributed by atoms with Gasteiger partial charge in [0.25, 0.3) is 5.91 Å². The van der Waals surface area contributed by atoms with Gasteiger partial charge in [-0.05, 0) is 31.0 Å². The van der Waals surface area contributed by atoms with Gasteiger partial charge in [-0.1, -0.05) is 18.5 Å². The fourth-order valence-corrected chi connectivity index (χ4v) is 2.71. The number of aliphatic carboxylic acids is 1. The molecule has 1 saturated heterocycles. The first-order valence-electron chi connectivity index (χ1n) is 6.41. The number of hydrogen-bond acceptors (Lipinski definition) is 3. The van der Waals surface area contributed by atoms with E-state index in [2.05, 4.69) is 0 Å². The second-order valence-electron chi connectivity index (χ2n) is 5.08. The van der Waals surface area contributed by atoms with Gasteiger partial charge >= 0.3 is 5.97 Å². The number of rotatable bonds is 3. The molecule has 1 aromatic carbocycles. The standard InChI is InChI=1S/C14H16ClNO4/c1-2-14(13(19)20)5-6-16(8-14)12(18)10-7-9(17)3-4-11(10)15/h3-4,7,17H,2,5-6,8H2,1H3,(H,19,20). The van der Waals surface area contributed by atoms with Crippen molar-refractivity contribution < 1.29 is 19.8 Å². The van der Waals surface area contributed by atoms with Gasteiger partial charge in [-0.15, -0.1) is 0 Å². The molecule has 1 fully saturated rings. The van der Waals surface area contributed by atoms with Crippen molar-refractivity contribution in [1.82, 2.24) is 4.90 Å². The van der Waals surface area contributed by atoms with Crippen LogP contribution in [-0.2, 0) is 4.79 Å². The summed E-state index contributed by atoms with van der Waals surface area (Å²) < 4.78 is 0. The predicted octanol–water partition coefficient (Wildman–Crippen LogP) is 2.37. The summed E-state index contributed by atoms with van der Waals surface area (Å²) in [7, 11) is 0. The molecule has 2 rings (SSSR count). The van der Waals surface area contributed by atoms with Gasteiger partial charge < -0.3 is 15.1 Å². The molecule has 0 saturated carbocycles. The van der Waals surface area contributed by atoms with Crippen LogP contribution in [-0.4, -0.2) is 40.1 Å². The molecule has 2 N–H and O–H groups in total. The first-order valence-corrected chi connectivity index (χ1v) is 6.78. The van der Waals surface area contributed by atoms with Crippen LogP contribution in [0, 0.1) is 5.41 Å². The van der Waals surface area contributed by atoms with Crippen molar-refractivity contribution in [2.75, 3.05) is 13.1 Å². The summed E-state index contributed by atoms with van der Waals surface area (Å²) in [6, 6.07) is 4.15. The Hall–Kier alpha value is -1.75. The number of amides is 1. The molecular formula is C14H16ClNO4. The van der Waals surface area contributed by atoms with E-state index >= 15 is 0 Å². The number of phenols is 1. The van der Waals surface area contributed by atoms with Crippen LogP contribution in [0.5, 0.6) is 5.75 Å². The molecule has 1 amide bonds. The average molecular weight is 298 g/mol. The van der Waals surface area contributed by atoms with E-state index in [1.807, 2.05) is 6.92 Å². The number of carbonyl (C=O) groups excluding carboxylic acids is 1. The van der Waals surface area contributed by atoms with E-state index < -0.39 is 11.4 Å². The van der Waals surface area contributed by atoms with Crippen LogP contribution >= 0.6 is 11.6 Å². The van der Waals surface area contributed by atoms with Crippen molar-refractivity contribution in [3.8, 4) is 5.75 Å². The third kappa shape index (κ3) is 2.45. The number of benzene rings is 1. The third-order valence-electron chi connectivity index (χ3n) is 3.95. The largest absolute Gasteiger partial charge is 0.508 e. The molecule has 0 aromatic heterocycles. The van der Waals surface area contributed by atoms with Crippen molar-refractivity contribution in [1.29, 1.82) is 0 Å². The molecule has 1 unspecified atom stereocenters. The number of halogens is 1. The van der Waals surface area contributed by atoms with Gasteiger partial charge in [0.2, 0.25) is 0 Å². The molecular weight excluding hydrogens is 282 g/mol. The van der Waals surface area contributed by atoms with Crippen LogP contribution in [0.4, 0.5) is 0 Å². The van der Waals surface area contributed by atoms with Gasteiger partial charge in [0, 0.05) is 13.1 Å². The summed E-state index contributed by atoms with van der Waals surface area (Å²) in [5.74, 6) is -1.27. The summed E-state index contributed by atoms with van der Waals surface area (Å²) in [6.45, 7) is 2.36. The van der Waals surface area contributed by atoms with Gasteiger partial charge in [-0.25, -0.2) is 0 Å². The highest BCUT2D eigenvalue weighted by Gasteiger charge is 2.45. The minimum atomic E-state index is -0.877. The van der Waals surface area contributed by atoms with E-state index in [-0.39, 0.29) is 28.8 Å². The first-order chi connectivity index (χ1) is 9.39. The minimum Gasteiger partial charge on any atom is -0.508 e. The van der Waals surface area contributed by atoms with Crippen LogP contribution in [0.2, 0.25) is 5.02 Å². The quantitative estimate of drug-likeness (QED) is 0.898. The topological polar surface area (TPSA) is 77.8 Å². The molecule has 1 aromatic rings. The third-order valence-corrected chi connectivity index (χ3v) is 4.28. The number of nitrogens with zero attached hydrogens (tertiary/aromatic N) is 1. The number of likely N-dealkylation sites (tertiary alicyclic amines) is 1. The maximum atomic E-state index is 12.4. The van der Waals surface area contributed by atoms with E-state index in [9.17, 15) is 19.8 Å². The molecule has 1 atom stereocenters. The second-order valence-corrected chi connectivity index (χ2v) is 5.49. The first kappa shape index (κ1) is 14.7. The zero-order valence-corrected chi connectivity index (χ0v) is 11.9. The maximum Gasteiger partial charge on any atom is 0.311 e. The minimum absolute atomic E-state index is 0.0445. The van der Waals surface area contributed by atoms with Gasteiger partial charge in [-0.2, -0.15) is 0 Å². The highest BCUT2D eigenvalue weighted by Crippen LogP contribution is 2.35. The summed E-state index contributed by atoms with van der Waals surface area (Å²) >= 11 is 5.96. The molecule has 108 valence electrons. The zero-order valence-electron chi connectivity index (χ0n) is 11.1. The highest BCUT2D eigenvalue weighted by molar-refractivity contribution is 6.33. The fraction of sp³-hybridized carbons (Fsp3) is 0.429. The Labute approximate surface area is 121 Å². The molecule has 0 radical (unpaired) electrons. The Bertz CT molecular complexity index is 560. The van der Waals surface area contributed by atoms with Crippen molar-refractivity contribution >= 4 is 23.5 Å². The highest BCUT2D eigenvalue weighted by atomic mass is 35.5. The molecule has 5 nitrogen and oxygen atoms in total. The zero-order chi connectivity index (χ0) is 14.9. The Kier molecular flexibility index (Phi) is 3.90. The predicted molar refractivity (Wildman–Crippen MR) is 74.0 cm³/mol. The molecule has 1 aliphatic rings. The molecule has 20 heavy (non-hydrogen) atoms. The molecule has 1 aliphatic heterocycles. The van der Waals surface area contributed by atoms with Gasteiger partial charge in [0.1, 0.15) is 5.75 Å². The van der Waals surface area contributed by atoms with Gasteiger partial charge in [0.05, 0.1) is 16.0 Å². The second kappa shape index (κ2) is 5.32. The monoisotopic (exact) mass is 297 g/mol. The van der Waals surface area contributed by atoms with Gasteiger partial charge in [-0.3, -0.25) is 9.59 Å². The molecule has 0 bridgehead atoms. The normalized spacial score (nSPS) is 22.0. The lowest BCUT2D eigenvalue weighted by Crippen LogP contribution is -2.36. The Balaban J connectivity index is 2.24. The average Bonchev–Trinajstić information content (AvgIpc) is 2.86. The number of carboxylic acids is 1. The lowest BCUT2D eigenvalue weighted by molar-refractivity contribution is -0.148. The van der Waals surface area contributed by atoms with Crippen LogP contribution in [0.25, 0.3) is 0 Å². The van der Waals surface area contributed by atoms with E-state index in [0.717, 1.165) is 0 Å². The Morgan fingerprint density at radius 1 is 1.45 bits per heavy atom. The SMILES string of the molecule is CCC1(C(=O)O)CCN(C(=O)c2cc(O)ccc2Cl)C1. The molecule has 0 spiro atoms. The van der Waals surface area contributed by atoms with E-state index in [4.69, 9.17) is 11.6 Å². The number of phenolic OH excluding ortho intramolecular Hbond substituents is 1. The number of carboxylic acid groups (broad SMARTS) is 1. The summed E-state index contributed by atoms with van der Waals surface area (Å²) in [5.41, 5.74) is -0.678. The van der Waals surface area contributed by atoms with Crippen LogP contribution in [0.15, 0.2) is 18.2 Å². The van der Waals surface area contributed by atoms with Crippen LogP contribution in [0.3, 0.4) is 0 Å². The molecule has 6 heteroatoms. The molecule has 0 aliphatic carbocycles. The summed E-state index contributed by atoms with van der Waals surface area (Å²) in [4.78, 5) is 25.2.